The monoisotopic (exact) mass is 356 g/mol. The lowest BCUT2D eigenvalue weighted by Gasteiger charge is -2.25. The molecule has 0 radical (unpaired) electrons. The van der Waals surface area contributed by atoms with E-state index < -0.39 is 23.7 Å². The number of nitrogens with zero attached hydrogens (tertiary/aromatic N) is 1. The van der Waals surface area contributed by atoms with Gasteiger partial charge in [-0.15, -0.1) is 0 Å². The number of hydrogen-bond acceptors (Lipinski definition) is 3. The molecule has 2 amide bonds. The molecule has 2 N–H and O–H groups in total. The van der Waals surface area contributed by atoms with Crippen LogP contribution in [0.25, 0.3) is 0 Å². The molecule has 8 heteroatoms. The topological polar surface area (TPSA) is 86.7 Å². The van der Waals surface area contributed by atoms with Crippen LogP contribution in [0.2, 0.25) is 5.02 Å². The van der Waals surface area contributed by atoms with Crippen molar-refractivity contribution in [2.75, 3.05) is 13.6 Å². The summed E-state index contributed by atoms with van der Waals surface area (Å²) in [5.74, 6) is -2.76. The van der Waals surface area contributed by atoms with Gasteiger partial charge in [0.15, 0.2) is 0 Å². The maximum atomic E-state index is 13.7. The molecule has 1 aliphatic heterocycles. The lowest BCUT2D eigenvalue weighted by atomic mass is 9.93. The van der Waals surface area contributed by atoms with E-state index in [1.165, 1.54) is 17.0 Å². The molecule has 0 spiro atoms. The van der Waals surface area contributed by atoms with Gasteiger partial charge in [0.1, 0.15) is 5.82 Å². The van der Waals surface area contributed by atoms with E-state index in [1.54, 1.807) is 13.1 Å². The van der Waals surface area contributed by atoms with E-state index in [0.29, 0.717) is 12.0 Å². The minimum Gasteiger partial charge on any atom is -0.481 e. The summed E-state index contributed by atoms with van der Waals surface area (Å²) in [5, 5.41) is 11.2. The Labute approximate surface area is 143 Å². The smallest absolute Gasteiger partial charge is 0.303 e. The molecule has 1 aliphatic rings. The van der Waals surface area contributed by atoms with Crippen LogP contribution in [0.15, 0.2) is 18.2 Å². The van der Waals surface area contributed by atoms with Gasteiger partial charge in [0.05, 0.1) is 17.0 Å². The number of carboxylic acid groups (broad SMARTS) is 1. The summed E-state index contributed by atoms with van der Waals surface area (Å²) in [6, 6.07) is 3.64. The van der Waals surface area contributed by atoms with E-state index in [0.717, 1.165) is 0 Å². The molecule has 2 atom stereocenters. The number of aliphatic carboxylic acids is 1. The van der Waals surface area contributed by atoms with E-state index in [9.17, 15) is 18.8 Å². The highest BCUT2D eigenvalue weighted by Crippen LogP contribution is 2.38. The lowest BCUT2D eigenvalue weighted by Crippen LogP contribution is -2.35. The fourth-order valence-corrected chi connectivity index (χ4v) is 2.96. The van der Waals surface area contributed by atoms with Crippen LogP contribution < -0.4 is 5.32 Å². The van der Waals surface area contributed by atoms with Crippen LogP contribution in [0.1, 0.15) is 30.9 Å². The summed E-state index contributed by atoms with van der Waals surface area (Å²) < 4.78 is 13.7. The highest BCUT2D eigenvalue weighted by Gasteiger charge is 2.42. The molecule has 1 aromatic carbocycles. The van der Waals surface area contributed by atoms with Crippen molar-refractivity contribution in [3.63, 3.8) is 0 Å². The molecular formula is C16H18ClFN2O4. The SMILES string of the molecule is CN1C(=O)CC(C(=O)NCCCC(=O)O)C1c1ccc(Cl)c(F)c1. The summed E-state index contributed by atoms with van der Waals surface area (Å²) in [5.41, 5.74) is 0.496. The van der Waals surface area contributed by atoms with E-state index in [1.807, 2.05) is 0 Å². The van der Waals surface area contributed by atoms with Gasteiger partial charge in [-0.2, -0.15) is 0 Å². The van der Waals surface area contributed by atoms with Crippen molar-refractivity contribution in [3.8, 4) is 0 Å². The van der Waals surface area contributed by atoms with Crippen LogP contribution >= 0.6 is 11.6 Å². The molecule has 1 saturated heterocycles. The molecule has 1 aromatic rings. The van der Waals surface area contributed by atoms with E-state index >= 15 is 0 Å². The van der Waals surface area contributed by atoms with E-state index in [4.69, 9.17) is 16.7 Å². The number of halogens is 2. The quantitative estimate of drug-likeness (QED) is 0.763. The zero-order valence-corrected chi connectivity index (χ0v) is 13.8. The number of carbonyl (C=O) groups excluding carboxylic acids is 2. The highest BCUT2D eigenvalue weighted by molar-refractivity contribution is 6.30. The first-order valence-corrected chi connectivity index (χ1v) is 7.89. The van der Waals surface area contributed by atoms with Gasteiger partial charge in [-0.3, -0.25) is 14.4 Å². The maximum Gasteiger partial charge on any atom is 0.303 e. The van der Waals surface area contributed by atoms with Crippen molar-refractivity contribution in [2.45, 2.75) is 25.3 Å². The Morgan fingerprint density at radius 3 is 2.79 bits per heavy atom. The zero-order chi connectivity index (χ0) is 17.9. The third kappa shape index (κ3) is 4.03. The van der Waals surface area contributed by atoms with Gasteiger partial charge in [0, 0.05) is 26.4 Å². The normalized spacial score (nSPS) is 20.3. The predicted molar refractivity (Wildman–Crippen MR) is 84.9 cm³/mol. The van der Waals surface area contributed by atoms with Gasteiger partial charge >= 0.3 is 5.97 Å². The number of carboxylic acids is 1. The van der Waals surface area contributed by atoms with Gasteiger partial charge in [-0.1, -0.05) is 17.7 Å². The average Bonchev–Trinajstić information content (AvgIpc) is 2.82. The van der Waals surface area contributed by atoms with Gasteiger partial charge in [-0.25, -0.2) is 4.39 Å². The zero-order valence-electron chi connectivity index (χ0n) is 13.1. The Kier molecular flexibility index (Phi) is 5.77. The van der Waals surface area contributed by atoms with Crippen LogP contribution in [0.4, 0.5) is 4.39 Å². The molecule has 0 bridgehead atoms. The number of amides is 2. The number of rotatable bonds is 6. The van der Waals surface area contributed by atoms with Crippen molar-refractivity contribution in [1.82, 2.24) is 10.2 Å². The first kappa shape index (κ1) is 18.2. The van der Waals surface area contributed by atoms with Crippen LogP contribution in [-0.4, -0.2) is 41.4 Å². The Bertz CT molecular complexity index is 667. The molecule has 0 aromatic heterocycles. The van der Waals surface area contributed by atoms with Crippen LogP contribution in [-0.2, 0) is 14.4 Å². The Morgan fingerprint density at radius 1 is 1.46 bits per heavy atom. The molecule has 6 nitrogen and oxygen atoms in total. The maximum absolute atomic E-state index is 13.7. The molecule has 1 fully saturated rings. The summed E-state index contributed by atoms with van der Waals surface area (Å²) in [6.45, 7) is 0.210. The van der Waals surface area contributed by atoms with Crippen molar-refractivity contribution in [1.29, 1.82) is 0 Å². The van der Waals surface area contributed by atoms with Gasteiger partial charge in [0.2, 0.25) is 11.8 Å². The lowest BCUT2D eigenvalue weighted by molar-refractivity contribution is -0.137. The fourth-order valence-electron chi connectivity index (χ4n) is 2.84. The predicted octanol–water partition coefficient (Wildman–Crippen LogP) is 1.98. The number of hydrogen-bond donors (Lipinski definition) is 2. The molecule has 0 aliphatic carbocycles. The van der Waals surface area contributed by atoms with Crippen molar-refractivity contribution in [3.05, 3.63) is 34.6 Å². The second kappa shape index (κ2) is 7.61. The highest BCUT2D eigenvalue weighted by atomic mass is 35.5. The van der Waals surface area contributed by atoms with E-state index in [2.05, 4.69) is 5.32 Å². The van der Waals surface area contributed by atoms with Gasteiger partial charge < -0.3 is 15.3 Å². The minimum atomic E-state index is -0.936. The third-order valence-corrected chi connectivity index (χ3v) is 4.38. The number of likely N-dealkylation sites (tertiary alicyclic amines) is 1. The molecule has 2 rings (SSSR count). The van der Waals surface area contributed by atoms with Gasteiger partial charge in [-0.05, 0) is 24.1 Å². The second-order valence-corrected chi connectivity index (χ2v) is 6.13. The van der Waals surface area contributed by atoms with Crippen molar-refractivity contribution in [2.24, 2.45) is 5.92 Å². The Morgan fingerprint density at radius 2 is 2.17 bits per heavy atom. The molecule has 1 heterocycles. The summed E-state index contributed by atoms with van der Waals surface area (Å²) in [4.78, 5) is 36.2. The van der Waals surface area contributed by atoms with E-state index in [-0.39, 0.29) is 36.2 Å². The standard InChI is InChI=1S/C16H18ClFN2O4/c1-20-13(21)8-10(16(24)19-6-2-3-14(22)23)15(20)9-4-5-11(17)12(18)7-9/h4-5,7,10,15H,2-3,6,8H2,1H3,(H,19,24)(H,22,23). The second-order valence-electron chi connectivity index (χ2n) is 5.72. The molecule has 0 saturated carbocycles. The van der Waals surface area contributed by atoms with Gasteiger partial charge in [0.25, 0.3) is 0 Å². The van der Waals surface area contributed by atoms with Crippen LogP contribution in [0.3, 0.4) is 0 Å². The summed E-state index contributed by atoms with van der Waals surface area (Å²) in [7, 11) is 1.57. The minimum absolute atomic E-state index is 0.0240. The Balaban J connectivity index is 2.11. The molecule has 2 unspecified atom stereocenters. The number of carbonyl (C=O) groups is 3. The van der Waals surface area contributed by atoms with Crippen molar-refractivity contribution < 1.29 is 23.9 Å². The Hall–Kier alpha value is -2.15. The first-order valence-electron chi connectivity index (χ1n) is 7.51. The molecule has 130 valence electrons. The van der Waals surface area contributed by atoms with Crippen LogP contribution in [0.5, 0.6) is 0 Å². The number of nitrogens with one attached hydrogen (secondary N) is 1. The molecular weight excluding hydrogens is 339 g/mol. The first-order chi connectivity index (χ1) is 11.3. The summed E-state index contributed by atoms with van der Waals surface area (Å²) in [6.07, 6.45) is 0.281. The van der Waals surface area contributed by atoms with Crippen molar-refractivity contribution >= 4 is 29.4 Å². The molecule has 24 heavy (non-hydrogen) atoms. The summed E-state index contributed by atoms with van der Waals surface area (Å²) >= 11 is 5.68. The largest absolute Gasteiger partial charge is 0.481 e. The third-order valence-electron chi connectivity index (χ3n) is 4.07. The average molecular weight is 357 g/mol. The van der Waals surface area contributed by atoms with Crippen LogP contribution in [0, 0.1) is 11.7 Å². The fraction of sp³-hybridized carbons (Fsp3) is 0.438. The number of benzene rings is 1.